The molecule has 0 spiro atoms. The molecule has 102 valence electrons. The highest BCUT2D eigenvalue weighted by Gasteiger charge is 2.15. The Morgan fingerprint density at radius 1 is 1.10 bits per heavy atom. The smallest absolute Gasteiger partial charge is 0.140 e. The zero-order valence-corrected chi connectivity index (χ0v) is 12.0. The second-order valence-corrected chi connectivity index (χ2v) is 5.27. The Bertz CT molecular complexity index is 787. The van der Waals surface area contributed by atoms with Crippen LogP contribution in [0.1, 0.15) is 22.4 Å². The van der Waals surface area contributed by atoms with Gasteiger partial charge in [0.15, 0.2) is 0 Å². The van der Waals surface area contributed by atoms with E-state index in [-0.39, 0.29) is 6.61 Å². The first-order valence-electron chi connectivity index (χ1n) is 6.77. The van der Waals surface area contributed by atoms with Crippen molar-refractivity contribution in [3.05, 3.63) is 58.9 Å². The van der Waals surface area contributed by atoms with Crippen molar-refractivity contribution in [2.45, 2.75) is 27.4 Å². The molecule has 1 aromatic carbocycles. The predicted octanol–water partition coefficient (Wildman–Crippen LogP) is 3.42. The van der Waals surface area contributed by atoms with Crippen LogP contribution in [0.4, 0.5) is 0 Å². The van der Waals surface area contributed by atoms with Crippen molar-refractivity contribution >= 4 is 5.65 Å². The van der Waals surface area contributed by atoms with Crippen LogP contribution < -0.4 is 0 Å². The lowest BCUT2D eigenvalue weighted by atomic mass is 10.0. The van der Waals surface area contributed by atoms with Gasteiger partial charge in [-0.3, -0.25) is 0 Å². The van der Waals surface area contributed by atoms with Crippen molar-refractivity contribution in [2.75, 3.05) is 0 Å². The van der Waals surface area contributed by atoms with Crippen molar-refractivity contribution in [1.29, 1.82) is 0 Å². The first kappa shape index (κ1) is 12.9. The summed E-state index contributed by atoms with van der Waals surface area (Å²) in [5.74, 6) is 0. The fraction of sp³-hybridized carbons (Fsp3) is 0.235. The van der Waals surface area contributed by atoms with Gasteiger partial charge in [-0.1, -0.05) is 29.8 Å². The molecular formula is C17H18N2O. The zero-order valence-electron chi connectivity index (χ0n) is 12.0. The van der Waals surface area contributed by atoms with E-state index in [1.54, 1.807) is 0 Å². The van der Waals surface area contributed by atoms with Crippen molar-refractivity contribution in [2.24, 2.45) is 0 Å². The van der Waals surface area contributed by atoms with Crippen LogP contribution in [0.25, 0.3) is 16.9 Å². The molecule has 3 aromatic rings. The maximum atomic E-state index is 9.74. The molecule has 0 amide bonds. The Labute approximate surface area is 118 Å². The van der Waals surface area contributed by atoms with Crippen LogP contribution >= 0.6 is 0 Å². The van der Waals surface area contributed by atoms with E-state index >= 15 is 0 Å². The van der Waals surface area contributed by atoms with Crippen LogP contribution in [0.5, 0.6) is 0 Å². The first-order chi connectivity index (χ1) is 9.61. The number of hydrogen-bond acceptors (Lipinski definition) is 2. The fourth-order valence-electron chi connectivity index (χ4n) is 2.70. The van der Waals surface area contributed by atoms with Crippen LogP contribution in [-0.4, -0.2) is 14.5 Å². The van der Waals surface area contributed by atoms with Gasteiger partial charge in [-0.05, 0) is 38.0 Å². The van der Waals surface area contributed by atoms with Gasteiger partial charge in [0.1, 0.15) is 5.65 Å². The molecule has 0 aliphatic rings. The summed E-state index contributed by atoms with van der Waals surface area (Å²) in [5.41, 5.74) is 7.24. The summed E-state index contributed by atoms with van der Waals surface area (Å²) in [7, 11) is 0. The number of aliphatic hydroxyl groups excluding tert-OH is 1. The molecule has 0 saturated carbocycles. The summed E-state index contributed by atoms with van der Waals surface area (Å²) in [6.07, 6.45) is 1.95. The van der Waals surface area contributed by atoms with Crippen LogP contribution in [-0.2, 0) is 6.61 Å². The van der Waals surface area contributed by atoms with Gasteiger partial charge < -0.3 is 9.51 Å². The van der Waals surface area contributed by atoms with Gasteiger partial charge >= 0.3 is 0 Å². The van der Waals surface area contributed by atoms with Crippen LogP contribution in [0, 0.1) is 20.8 Å². The van der Waals surface area contributed by atoms with Gasteiger partial charge in [-0.25, -0.2) is 4.98 Å². The van der Waals surface area contributed by atoms with E-state index in [2.05, 4.69) is 32.0 Å². The molecule has 0 radical (unpaired) electrons. The van der Waals surface area contributed by atoms with Gasteiger partial charge in [0.2, 0.25) is 0 Å². The van der Waals surface area contributed by atoms with Crippen LogP contribution in [0.15, 0.2) is 36.5 Å². The third-order valence-electron chi connectivity index (χ3n) is 3.73. The molecule has 0 saturated heterocycles. The largest absolute Gasteiger partial charge is 0.390 e. The molecule has 1 N–H and O–H groups in total. The molecule has 2 aromatic heterocycles. The Kier molecular flexibility index (Phi) is 3.07. The molecular weight excluding hydrogens is 248 g/mol. The minimum atomic E-state index is -0.0206. The van der Waals surface area contributed by atoms with Gasteiger partial charge in [0, 0.05) is 11.8 Å². The third kappa shape index (κ3) is 1.91. The summed E-state index contributed by atoms with van der Waals surface area (Å²) in [5, 5.41) is 9.74. The van der Waals surface area contributed by atoms with E-state index in [0.29, 0.717) is 0 Å². The summed E-state index contributed by atoms with van der Waals surface area (Å²) in [6.45, 7) is 6.18. The van der Waals surface area contributed by atoms with Crippen molar-refractivity contribution < 1.29 is 5.11 Å². The topological polar surface area (TPSA) is 37.5 Å². The first-order valence-corrected chi connectivity index (χ1v) is 6.77. The quantitative estimate of drug-likeness (QED) is 0.771. The monoisotopic (exact) mass is 266 g/mol. The van der Waals surface area contributed by atoms with Crippen molar-refractivity contribution in [1.82, 2.24) is 9.38 Å². The highest BCUT2D eigenvalue weighted by Crippen LogP contribution is 2.28. The standard InChI is InChI=1S/C17H18N2O/c1-11-6-7-14(13(3)9-11)16-15(10-20)19-8-4-5-12(2)17(19)18-16/h4-9,20H,10H2,1-3H3. The fourth-order valence-corrected chi connectivity index (χ4v) is 2.70. The molecule has 3 heteroatoms. The van der Waals surface area contributed by atoms with Gasteiger partial charge in [0.25, 0.3) is 0 Å². The van der Waals surface area contributed by atoms with Crippen LogP contribution in [0.2, 0.25) is 0 Å². The summed E-state index contributed by atoms with van der Waals surface area (Å²) >= 11 is 0. The number of hydrogen-bond donors (Lipinski definition) is 1. The molecule has 0 bridgehead atoms. The highest BCUT2D eigenvalue weighted by atomic mass is 16.3. The molecule has 0 aliphatic heterocycles. The van der Waals surface area contributed by atoms with Crippen molar-refractivity contribution in [3.63, 3.8) is 0 Å². The molecule has 3 nitrogen and oxygen atoms in total. The number of imidazole rings is 1. The van der Waals surface area contributed by atoms with Gasteiger partial charge in [-0.2, -0.15) is 0 Å². The lowest BCUT2D eigenvalue weighted by molar-refractivity contribution is 0.276. The molecule has 2 heterocycles. The average molecular weight is 266 g/mol. The minimum Gasteiger partial charge on any atom is -0.390 e. The second kappa shape index (κ2) is 4.76. The lowest BCUT2D eigenvalue weighted by Gasteiger charge is -2.06. The molecule has 0 aliphatic carbocycles. The van der Waals surface area contributed by atoms with E-state index in [1.807, 2.05) is 29.7 Å². The number of aromatic nitrogens is 2. The molecule has 20 heavy (non-hydrogen) atoms. The Morgan fingerprint density at radius 3 is 2.60 bits per heavy atom. The maximum Gasteiger partial charge on any atom is 0.140 e. The zero-order chi connectivity index (χ0) is 14.3. The lowest BCUT2D eigenvalue weighted by Crippen LogP contribution is -1.95. The number of pyridine rings is 1. The Hall–Kier alpha value is -2.13. The molecule has 0 fully saturated rings. The van der Waals surface area contributed by atoms with Crippen molar-refractivity contribution in [3.8, 4) is 11.3 Å². The average Bonchev–Trinajstić information content (AvgIpc) is 2.78. The maximum absolute atomic E-state index is 9.74. The van der Waals surface area contributed by atoms with E-state index < -0.39 is 0 Å². The van der Waals surface area contributed by atoms with Gasteiger partial charge in [-0.15, -0.1) is 0 Å². The van der Waals surface area contributed by atoms with Gasteiger partial charge in [0.05, 0.1) is 18.0 Å². The van der Waals surface area contributed by atoms with E-state index in [1.165, 1.54) is 11.1 Å². The van der Waals surface area contributed by atoms with E-state index in [9.17, 15) is 5.11 Å². The third-order valence-corrected chi connectivity index (χ3v) is 3.73. The highest BCUT2D eigenvalue weighted by molar-refractivity contribution is 5.70. The molecule has 0 unspecified atom stereocenters. The van der Waals surface area contributed by atoms with E-state index in [4.69, 9.17) is 4.98 Å². The number of aliphatic hydroxyl groups is 1. The molecule has 3 rings (SSSR count). The van der Waals surface area contributed by atoms with E-state index in [0.717, 1.165) is 28.2 Å². The number of rotatable bonds is 2. The number of aryl methyl sites for hydroxylation is 3. The number of benzene rings is 1. The minimum absolute atomic E-state index is 0.0206. The summed E-state index contributed by atoms with van der Waals surface area (Å²) in [6, 6.07) is 10.3. The number of nitrogens with zero attached hydrogens (tertiary/aromatic N) is 2. The number of fused-ring (bicyclic) bond motifs is 1. The van der Waals surface area contributed by atoms with Crippen LogP contribution in [0.3, 0.4) is 0 Å². The summed E-state index contributed by atoms with van der Waals surface area (Å²) < 4.78 is 1.98. The Morgan fingerprint density at radius 2 is 1.90 bits per heavy atom. The molecule has 0 atom stereocenters. The SMILES string of the molecule is Cc1ccc(-c2nc3c(C)cccn3c2CO)c(C)c1. The normalized spacial score (nSPS) is 11.2. The predicted molar refractivity (Wildman–Crippen MR) is 80.8 cm³/mol. The Balaban J connectivity index is 2.33. The summed E-state index contributed by atoms with van der Waals surface area (Å²) in [4.78, 5) is 4.75. The second-order valence-electron chi connectivity index (χ2n) is 5.27.